The molecule has 0 radical (unpaired) electrons. The zero-order valence-corrected chi connectivity index (χ0v) is 13.8. The number of fused-ring (bicyclic) bond motifs is 1. The Hall–Kier alpha value is -2.19. The molecule has 0 amide bonds. The first-order chi connectivity index (χ1) is 10.6. The number of benzene rings is 3. The average molecular weight is 351 g/mol. The van der Waals surface area contributed by atoms with Gasteiger partial charge in [0.2, 0.25) is 0 Å². The Bertz CT molecular complexity index is 878. The number of hydrogen-bond donors (Lipinski definition) is 0. The average Bonchev–Trinajstić information content (AvgIpc) is 2.53. The van der Waals surface area contributed by atoms with Crippen LogP contribution in [0.2, 0.25) is 0 Å². The zero-order chi connectivity index (χ0) is 15.5. The van der Waals surface area contributed by atoms with E-state index in [2.05, 4.69) is 28.9 Å². The molecular formula is C20H15BrO. The van der Waals surface area contributed by atoms with Gasteiger partial charge in [-0.15, -0.1) is 0 Å². The molecule has 22 heavy (non-hydrogen) atoms. The predicted molar refractivity (Wildman–Crippen MR) is 96.2 cm³/mol. The molecular weight excluding hydrogens is 336 g/mol. The fraction of sp³-hybridized carbons (Fsp3) is 0.0500. The molecule has 0 aliphatic rings. The lowest BCUT2D eigenvalue weighted by Crippen LogP contribution is -1.96. The van der Waals surface area contributed by atoms with Gasteiger partial charge in [-0.3, -0.25) is 4.79 Å². The third kappa shape index (κ3) is 3.02. The maximum absolute atomic E-state index is 12.5. The molecule has 2 heteroatoms. The fourth-order valence-corrected chi connectivity index (χ4v) is 2.95. The summed E-state index contributed by atoms with van der Waals surface area (Å²) in [4.78, 5) is 12.5. The normalized spacial score (nSPS) is 11.2. The summed E-state index contributed by atoms with van der Waals surface area (Å²) in [5.74, 6) is 0.0242. The molecule has 0 spiro atoms. The molecule has 0 saturated heterocycles. The Morgan fingerprint density at radius 1 is 0.955 bits per heavy atom. The standard InChI is InChI=1S/C20H15BrO/c1-14-9-11-19(18-8-3-2-7-17(14)18)20(22)12-10-15-5-4-6-16(21)13-15/h2-13H,1H3/b12-10+. The van der Waals surface area contributed by atoms with Crippen LogP contribution in [-0.4, -0.2) is 5.78 Å². The van der Waals surface area contributed by atoms with Crippen molar-refractivity contribution >= 4 is 38.6 Å². The number of aryl methyl sites for hydroxylation is 1. The minimum absolute atomic E-state index is 0.0242. The van der Waals surface area contributed by atoms with Crippen molar-refractivity contribution < 1.29 is 4.79 Å². The Morgan fingerprint density at radius 2 is 1.73 bits per heavy atom. The zero-order valence-electron chi connectivity index (χ0n) is 12.2. The van der Waals surface area contributed by atoms with Crippen molar-refractivity contribution in [2.75, 3.05) is 0 Å². The van der Waals surface area contributed by atoms with E-state index in [9.17, 15) is 4.79 Å². The first kappa shape index (κ1) is 14.7. The van der Waals surface area contributed by atoms with Gasteiger partial charge in [-0.1, -0.05) is 70.5 Å². The van der Waals surface area contributed by atoms with E-state index >= 15 is 0 Å². The molecule has 0 aliphatic carbocycles. The van der Waals surface area contributed by atoms with Crippen LogP contribution in [-0.2, 0) is 0 Å². The summed E-state index contributed by atoms with van der Waals surface area (Å²) in [7, 11) is 0. The predicted octanol–water partition coefficient (Wildman–Crippen LogP) is 5.81. The number of hydrogen-bond acceptors (Lipinski definition) is 1. The van der Waals surface area contributed by atoms with Crippen LogP contribution in [0.25, 0.3) is 16.8 Å². The summed E-state index contributed by atoms with van der Waals surface area (Å²) in [5, 5.41) is 2.13. The highest BCUT2D eigenvalue weighted by molar-refractivity contribution is 9.10. The Labute approximate surface area is 138 Å². The Morgan fingerprint density at radius 3 is 2.50 bits per heavy atom. The van der Waals surface area contributed by atoms with Gasteiger partial charge in [-0.05, 0) is 47.0 Å². The summed E-state index contributed by atoms with van der Waals surface area (Å²) in [5.41, 5.74) is 2.93. The first-order valence-corrected chi connectivity index (χ1v) is 7.91. The molecule has 0 fully saturated rings. The minimum atomic E-state index is 0.0242. The van der Waals surface area contributed by atoms with Crippen molar-refractivity contribution in [3.63, 3.8) is 0 Å². The number of ketones is 1. The smallest absolute Gasteiger partial charge is 0.186 e. The molecule has 0 unspecified atom stereocenters. The molecule has 0 bridgehead atoms. The molecule has 0 atom stereocenters. The quantitative estimate of drug-likeness (QED) is 0.430. The topological polar surface area (TPSA) is 17.1 Å². The molecule has 0 saturated carbocycles. The van der Waals surface area contributed by atoms with Crippen LogP contribution in [0.4, 0.5) is 0 Å². The van der Waals surface area contributed by atoms with Crippen LogP contribution in [0, 0.1) is 6.92 Å². The first-order valence-electron chi connectivity index (χ1n) is 7.11. The lowest BCUT2D eigenvalue weighted by Gasteiger charge is -2.06. The number of allylic oxidation sites excluding steroid dienone is 1. The number of carbonyl (C=O) groups is 1. The summed E-state index contributed by atoms with van der Waals surface area (Å²) in [6.45, 7) is 2.06. The van der Waals surface area contributed by atoms with Crippen molar-refractivity contribution in [3.05, 3.63) is 87.9 Å². The fourth-order valence-electron chi connectivity index (χ4n) is 2.54. The van der Waals surface area contributed by atoms with E-state index < -0.39 is 0 Å². The highest BCUT2D eigenvalue weighted by Crippen LogP contribution is 2.23. The minimum Gasteiger partial charge on any atom is -0.289 e. The van der Waals surface area contributed by atoms with E-state index in [4.69, 9.17) is 0 Å². The van der Waals surface area contributed by atoms with Crippen molar-refractivity contribution in [3.8, 4) is 0 Å². The van der Waals surface area contributed by atoms with E-state index in [0.717, 1.165) is 26.4 Å². The highest BCUT2D eigenvalue weighted by Gasteiger charge is 2.08. The number of halogens is 1. The monoisotopic (exact) mass is 350 g/mol. The van der Waals surface area contributed by atoms with Crippen LogP contribution in [0.1, 0.15) is 21.5 Å². The SMILES string of the molecule is Cc1ccc(C(=O)/C=C/c2cccc(Br)c2)c2ccccc12. The second kappa shape index (κ2) is 6.29. The second-order valence-electron chi connectivity index (χ2n) is 5.23. The van der Waals surface area contributed by atoms with Gasteiger partial charge in [0, 0.05) is 10.0 Å². The lowest BCUT2D eigenvalue weighted by atomic mass is 9.97. The molecule has 3 aromatic rings. The molecule has 0 N–H and O–H groups in total. The highest BCUT2D eigenvalue weighted by atomic mass is 79.9. The summed E-state index contributed by atoms with van der Waals surface area (Å²) < 4.78 is 1.00. The van der Waals surface area contributed by atoms with Gasteiger partial charge in [0.1, 0.15) is 0 Å². The molecule has 108 valence electrons. The van der Waals surface area contributed by atoms with Gasteiger partial charge in [-0.25, -0.2) is 0 Å². The van der Waals surface area contributed by atoms with Gasteiger partial charge in [0.25, 0.3) is 0 Å². The van der Waals surface area contributed by atoms with E-state index in [-0.39, 0.29) is 5.78 Å². The van der Waals surface area contributed by atoms with E-state index in [1.807, 2.05) is 60.7 Å². The molecule has 1 nitrogen and oxygen atoms in total. The molecule has 0 heterocycles. The Kier molecular flexibility index (Phi) is 4.21. The maximum atomic E-state index is 12.5. The largest absolute Gasteiger partial charge is 0.289 e. The lowest BCUT2D eigenvalue weighted by molar-refractivity contribution is 0.104. The molecule has 3 rings (SSSR count). The van der Waals surface area contributed by atoms with Crippen molar-refractivity contribution in [1.29, 1.82) is 0 Å². The van der Waals surface area contributed by atoms with Crippen molar-refractivity contribution in [2.24, 2.45) is 0 Å². The number of carbonyl (C=O) groups excluding carboxylic acids is 1. The van der Waals surface area contributed by atoms with Gasteiger partial charge in [0.05, 0.1) is 0 Å². The second-order valence-corrected chi connectivity index (χ2v) is 6.14. The molecule has 0 aliphatic heterocycles. The van der Waals surface area contributed by atoms with Crippen molar-refractivity contribution in [2.45, 2.75) is 6.92 Å². The van der Waals surface area contributed by atoms with E-state index in [0.29, 0.717) is 0 Å². The Balaban J connectivity index is 1.98. The molecule has 3 aromatic carbocycles. The summed E-state index contributed by atoms with van der Waals surface area (Å²) >= 11 is 3.44. The van der Waals surface area contributed by atoms with Crippen LogP contribution >= 0.6 is 15.9 Å². The van der Waals surface area contributed by atoms with Gasteiger partial charge in [-0.2, -0.15) is 0 Å². The van der Waals surface area contributed by atoms with Crippen LogP contribution in [0.5, 0.6) is 0 Å². The van der Waals surface area contributed by atoms with Crippen molar-refractivity contribution in [1.82, 2.24) is 0 Å². The maximum Gasteiger partial charge on any atom is 0.186 e. The van der Waals surface area contributed by atoms with Crippen LogP contribution in [0.3, 0.4) is 0 Å². The van der Waals surface area contributed by atoms with Gasteiger partial charge >= 0.3 is 0 Å². The van der Waals surface area contributed by atoms with Gasteiger partial charge in [0.15, 0.2) is 5.78 Å². The third-order valence-corrected chi connectivity index (χ3v) is 4.18. The summed E-state index contributed by atoms with van der Waals surface area (Å²) in [6, 6.07) is 19.8. The molecule has 0 aromatic heterocycles. The van der Waals surface area contributed by atoms with Gasteiger partial charge < -0.3 is 0 Å². The number of rotatable bonds is 3. The van der Waals surface area contributed by atoms with E-state index in [1.165, 1.54) is 5.56 Å². The van der Waals surface area contributed by atoms with E-state index in [1.54, 1.807) is 6.08 Å². The third-order valence-electron chi connectivity index (χ3n) is 3.68. The summed E-state index contributed by atoms with van der Waals surface area (Å²) in [6.07, 6.45) is 3.49. The van der Waals surface area contributed by atoms with Crippen LogP contribution in [0.15, 0.2) is 71.2 Å². The van der Waals surface area contributed by atoms with Crippen LogP contribution < -0.4 is 0 Å².